The van der Waals surface area contributed by atoms with Crippen LogP contribution in [0, 0.1) is 0 Å². The Kier molecular flexibility index (Phi) is 5.95. The van der Waals surface area contributed by atoms with Gasteiger partial charge in [-0.25, -0.2) is 0 Å². The molecule has 1 atom stereocenters. The molecule has 0 aliphatic carbocycles. The van der Waals surface area contributed by atoms with Crippen molar-refractivity contribution in [2.45, 2.75) is 46.1 Å². The number of likely N-dealkylation sites (N-methyl/N-ethyl adjacent to an activating group) is 1. The summed E-state index contributed by atoms with van der Waals surface area (Å²) in [5.74, 6) is -0.00699. The lowest BCUT2D eigenvalue weighted by molar-refractivity contribution is -0.895. The number of carbonyl (C=O) groups excluding carboxylic acids is 1. The van der Waals surface area contributed by atoms with Gasteiger partial charge in [-0.1, -0.05) is 57.2 Å². The lowest BCUT2D eigenvalue weighted by Gasteiger charge is -2.27. The molecule has 4 rings (SSSR count). The number of nitrogens with one attached hydrogen (secondary N) is 1. The van der Waals surface area contributed by atoms with Crippen LogP contribution < -0.4 is 10.3 Å². The highest BCUT2D eigenvalue weighted by molar-refractivity contribution is 5.99. The zero-order valence-electron chi connectivity index (χ0n) is 19.7. The number of amides is 1. The average molecular weight is 434 g/mol. The number of quaternary nitrogens is 1. The number of nitrogens with zero attached hydrogens (tertiary/aromatic N) is 1. The Labute approximate surface area is 189 Å². The van der Waals surface area contributed by atoms with Gasteiger partial charge in [-0.2, -0.15) is 0 Å². The maximum Gasteiger partial charge on any atom is 0.291 e. The molecule has 5 nitrogen and oxygen atoms in total. The van der Waals surface area contributed by atoms with E-state index in [9.17, 15) is 9.59 Å². The van der Waals surface area contributed by atoms with Crippen molar-refractivity contribution in [3.63, 3.8) is 0 Å². The molecule has 0 spiro atoms. The molecular formula is C27H33N2O3+. The molecule has 1 aromatic heterocycles. The molecule has 3 aromatic rings. The van der Waals surface area contributed by atoms with Crippen LogP contribution in [0.2, 0.25) is 0 Å². The third kappa shape index (κ3) is 3.86. The van der Waals surface area contributed by atoms with Crippen LogP contribution >= 0.6 is 0 Å². The highest BCUT2D eigenvalue weighted by Gasteiger charge is 2.43. The fourth-order valence-corrected chi connectivity index (χ4v) is 4.59. The molecule has 0 saturated heterocycles. The molecule has 0 radical (unpaired) electrons. The van der Waals surface area contributed by atoms with Crippen molar-refractivity contribution in [2.24, 2.45) is 0 Å². The van der Waals surface area contributed by atoms with Crippen LogP contribution in [0.3, 0.4) is 0 Å². The van der Waals surface area contributed by atoms with E-state index < -0.39 is 6.04 Å². The predicted octanol–water partition coefficient (Wildman–Crippen LogP) is 3.56. The number of rotatable bonds is 6. The van der Waals surface area contributed by atoms with E-state index in [-0.39, 0.29) is 22.5 Å². The van der Waals surface area contributed by atoms with Crippen LogP contribution in [0.4, 0.5) is 0 Å². The number of carbonyl (C=O) groups is 1. The monoisotopic (exact) mass is 433 g/mol. The molecule has 2 heterocycles. The molecule has 0 bridgehead atoms. The lowest BCUT2D eigenvalue weighted by Crippen LogP contribution is -3.12. The average Bonchev–Trinajstić information content (AvgIpc) is 3.06. The van der Waals surface area contributed by atoms with Crippen molar-refractivity contribution >= 4 is 16.9 Å². The molecule has 2 aromatic carbocycles. The minimum Gasteiger partial charge on any atom is -0.450 e. The molecule has 1 amide bonds. The Morgan fingerprint density at radius 1 is 0.969 bits per heavy atom. The second-order valence-electron chi connectivity index (χ2n) is 9.65. The third-order valence-corrected chi connectivity index (χ3v) is 6.67. The highest BCUT2D eigenvalue weighted by Crippen LogP contribution is 2.38. The van der Waals surface area contributed by atoms with E-state index in [0.29, 0.717) is 23.1 Å². The van der Waals surface area contributed by atoms with Gasteiger partial charge in [0.25, 0.3) is 5.91 Å². The zero-order chi connectivity index (χ0) is 23.0. The number of fused-ring (bicyclic) bond motifs is 2. The van der Waals surface area contributed by atoms with Gasteiger partial charge in [-0.05, 0) is 42.5 Å². The van der Waals surface area contributed by atoms with Crippen molar-refractivity contribution in [1.82, 2.24) is 4.90 Å². The Hall–Kier alpha value is -2.92. The normalized spacial score (nSPS) is 16.2. The van der Waals surface area contributed by atoms with Crippen molar-refractivity contribution in [2.75, 3.05) is 26.2 Å². The summed E-state index contributed by atoms with van der Waals surface area (Å²) in [6.07, 6.45) is 0. The highest BCUT2D eigenvalue weighted by atomic mass is 16.3. The van der Waals surface area contributed by atoms with Crippen molar-refractivity contribution in [3.05, 3.63) is 81.2 Å². The van der Waals surface area contributed by atoms with Gasteiger partial charge in [0.05, 0.1) is 43.2 Å². The summed E-state index contributed by atoms with van der Waals surface area (Å²) in [7, 11) is 0. The fourth-order valence-electron chi connectivity index (χ4n) is 4.59. The zero-order valence-corrected chi connectivity index (χ0v) is 19.7. The van der Waals surface area contributed by atoms with E-state index in [1.165, 1.54) is 10.5 Å². The molecule has 1 N–H and O–H groups in total. The minimum atomic E-state index is -0.428. The molecular weight excluding hydrogens is 400 g/mol. The SMILES string of the molecule is CC[NH+](CC)CCN1C(=O)c2oc3ccccc3c(=O)c2[C@H]1c1ccc(C(C)(C)C)cc1. The van der Waals surface area contributed by atoms with Gasteiger partial charge in [0.1, 0.15) is 5.58 Å². The molecule has 0 saturated carbocycles. The van der Waals surface area contributed by atoms with Crippen molar-refractivity contribution in [3.8, 4) is 0 Å². The number of hydrogen-bond acceptors (Lipinski definition) is 3. The molecule has 1 aliphatic heterocycles. The van der Waals surface area contributed by atoms with E-state index in [4.69, 9.17) is 4.42 Å². The minimum absolute atomic E-state index is 0.0307. The first-order valence-corrected chi connectivity index (χ1v) is 11.6. The van der Waals surface area contributed by atoms with Gasteiger partial charge in [-0.15, -0.1) is 0 Å². The van der Waals surface area contributed by atoms with Crippen molar-refractivity contribution in [1.29, 1.82) is 0 Å². The summed E-state index contributed by atoms with van der Waals surface area (Å²) in [6.45, 7) is 14.2. The lowest BCUT2D eigenvalue weighted by atomic mass is 9.86. The van der Waals surface area contributed by atoms with Crippen LogP contribution in [0.25, 0.3) is 11.0 Å². The first kappa shape index (κ1) is 22.3. The summed E-state index contributed by atoms with van der Waals surface area (Å²) in [4.78, 5) is 30.2. The maximum atomic E-state index is 13.5. The fraction of sp³-hybridized carbons (Fsp3) is 0.407. The molecule has 5 heteroatoms. The topological polar surface area (TPSA) is 55.0 Å². The van der Waals surface area contributed by atoms with Crippen LogP contribution in [-0.4, -0.2) is 37.0 Å². The molecule has 1 aliphatic rings. The Morgan fingerprint density at radius 3 is 2.25 bits per heavy atom. The van der Waals surface area contributed by atoms with E-state index in [1.807, 2.05) is 17.0 Å². The smallest absolute Gasteiger partial charge is 0.291 e. The largest absolute Gasteiger partial charge is 0.450 e. The van der Waals surface area contributed by atoms with Gasteiger partial charge in [0, 0.05) is 0 Å². The molecule has 168 valence electrons. The van der Waals surface area contributed by atoms with Gasteiger partial charge in [0.15, 0.2) is 5.43 Å². The summed E-state index contributed by atoms with van der Waals surface area (Å²) >= 11 is 0. The van der Waals surface area contributed by atoms with Gasteiger partial charge < -0.3 is 14.2 Å². The predicted molar refractivity (Wildman–Crippen MR) is 127 cm³/mol. The van der Waals surface area contributed by atoms with Crippen LogP contribution in [0.1, 0.15) is 67.9 Å². The van der Waals surface area contributed by atoms with Crippen LogP contribution in [0.15, 0.2) is 57.7 Å². The quantitative estimate of drug-likeness (QED) is 0.647. The van der Waals surface area contributed by atoms with E-state index in [1.54, 1.807) is 12.1 Å². The maximum absolute atomic E-state index is 13.5. The van der Waals surface area contributed by atoms with E-state index in [2.05, 4.69) is 58.9 Å². The molecule has 0 unspecified atom stereocenters. The standard InChI is InChI=1S/C27H32N2O3/c1-6-28(7-2)16-17-29-23(18-12-14-19(15-13-18)27(3,4)5)22-24(30)20-10-8-9-11-21(20)32-25(22)26(29)31/h8-15,23H,6-7,16-17H2,1-5H3/p+1/t23-/m1/s1. The Bertz CT molecular complexity index is 1180. The van der Waals surface area contributed by atoms with Gasteiger partial charge in [-0.3, -0.25) is 9.59 Å². The van der Waals surface area contributed by atoms with Crippen LogP contribution in [0.5, 0.6) is 0 Å². The number of hydrogen-bond donors (Lipinski definition) is 1. The number of para-hydroxylation sites is 1. The Morgan fingerprint density at radius 2 is 1.62 bits per heavy atom. The first-order valence-electron chi connectivity index (χ1n) is 11.6. The molecule has 32 heavy (non-hydrogen) atoms. The molecule has 0 fully saturated rings. The summed E-state index contributed by atoms with van der Waals surface area (Å²) in [5.41, 5.74) is 3.01. The summed E-state index contributed by atoms with van der Waals surface area (Å²) in [5, 5.41) is 0.520. The van der Waals surface area contributed by atoms with E-state index >= 15 is 0 Å². The Balaban J connectivity index is 1.84. The van der Waals surface area contributed by atoms with E-state index in [0.717, 1.165) is 25.2 Å². The van der Waals surface area contributed by atoms with Gasteiger partial charge in [0.2, 0.25) is 5.76 Å². The van der Waals surface area contributed by atoms with Crippen molar-refractivity contribution < 1.29 is 14.1 Å². The first-order chi connectivity index (χ1) is 15.3. The second-order valence-corrected chi connectivity index (χ2v) is 9.65. The van der Waals surface area contributed by atoms with Crippen LogP contribution in [-0.2, 0) is 5.41 Å². The summed E-state index contributed by atoms with van der Waals surface area (Å²) < 4.78 is 6.02. The second kappa shape index (κ2) is 8.55. The van der Waals surface area contributed by atoms with Gasteiger partial charge >= 0.3 is 0 Å². The third-order valence-electron chi connectivity index (χ3n) is 6.67. The number of benzene rings is 2. The summed E-state index contributed by atoms with van der Waals surface area (Å²) in [6, 6.07) is 15.1.